The highest BCUT2D eigenvalue weighted by Crippen LogP contribution is 2.16. The molecule has 1 aromatic heterocycles. The Hall–Kier alpha value is -3.41. The Morgan fingerprint density at radius 3 is 2.45 bits per heavy atom. The van der Waals surface area contributed by atoms with Crippen molar-refractivity contribution in [3.05, 3.63) is 82.1 Å². The predicted octanol–water partition coefficient (Wildman–Crippen LogP) is 3.28. The fraction of sp³-hybridized carbons (Fsp3) is 0.261. The molecule has 6 heteroatoms. The van der Waals surface area contributed by atoms with E-state index >= 15 is 0 Å². The average molecular weight is 391 g/mol. The summed E-state index contributed by atoms with van der Waals surface area (Å²) in [4.78, 5) is 24.7. The molecule has 0 aliphatic heterocycles. The van der Waals surface area contributed by atoms with Gasteiger partial charge in [0.15, 0.2) is 0 Å². The van der Waals surface area contributed by atoms with Crippen LogP contribution in [0.2, 0.25) is 0 Å². The number of nitrogens with zero attached hydrogens (tertiary/aromatic N) is 2. The molecule has 3 aromatic rings. The zero-order valence-corrected chi connectivity index (χ0v) is 16.9. The lowest BCUT2D eigenvalue weighted by molar-refractivity contribution is -0.124. The molecular weight excluding hydrogens is 366 g/mol. The Labute approximate surface area is 170 Å². The van der Waals surface area contributed by atoms with Crippen LogP contribution in [0.1, 0.15) is 24.1 Å². The molecule has 0 aliphatic carbocycles. The number of benzene rings is 2. The van der Waals surface area contributed by atoms with E-state index in [1.807, 2.05) is 56.3 Å². The van der Waals surface area contributed by atoms with E-state index in [0.717, 1.165) is 22.4 Å². The van der Waals surface area contributed by atoms with Crippen molar-refractivity contribution in [3.8, 4) is 17.0 Å². The maximum absolute atomic E-state index is 12.5. The summed E-state index contributed by atoms with van der Waals surface area (Å²) < 4.78 is 6.92. The van der Waals surface area contributed by atoms with Gasteiger partial charge in [0, 0.05) is 11.6 Å². The van der Waals surface area contributed by atoms with Gasteiger partial charge in [0.25, 0.3) is 5.56 Å². The second kappa shape index (κ2) is 9.19. The van der Waals surface area contributed by atoms with Crippen LogP contribution in [0.3, 0.4) is 0 Å². The summed E-state index contributed by atoms with van der Waals surface area (Å²) in [7, 11) is 0. The third-order valence-electron chi connectivity index (χ3n) is 4.51. The molecule has 0 fully saturated rings. The van der Waals surface area contributed by atoms with Crippen LogP contribution in [0.25, 0.3) is 11.3 Å². The molecule has 1 unspecified atom stereocenters. The predicted molar refractivity (Wildman–Crippen MR) is 113 cm³/mol. The zero-order valence-electron chi connectivity index (χ0n) is 16.9. The van der Waals surface area contributed by atoms with E-state index in [0.29, 0.717) is 18.8 Å². The first-order chi connectivity index (χ1) is 13.9. The van der Waals surface area contributed by atoms with Crippen molar-refractivity contribution < 1.29 is 9.53 Å². The van der Waals surface area contributed by atoms with Gasteiger partial charge in [-0.2, -0.15) is 5.10 Å². The van der Waals surface area contributed by atoms with Crippen molar-refractivity contribution in [1.29, 1.82) is 0 Å². The Morgan fingerprint density at radius 1 is 1.07 bits per heavy atom. The molecule has 0 radical (unpaired) electrons. The lowest BCUT2D eigenvalue weighted by Crippen LogP contribution is -2.38. The third-order valence-corrected chi connectivity index (χ3v) is 4.51. The second-order valence-electron chi connectivity index (χ2n) is 7.01. The minimum Gasteiger partial charge on any atom is -0.492 e. The van der Waals surface area contributed by atoms with Crippen LogP contribution >= 0.6 is 0 Å². The minimum atomic E-state index is -0.729. The van der Waals surface area contributed by atoms with Gasteiger partial charge in [0.05, 0.1) is 12.2 Å². The molecule has 0 saturated heterocycles. The third kappa shape index (κ3) is 5.31. The van der Waals surface area contributed by atoms with E-state index in [4.69, 9.17) is 4.74 Å². The molecule has 1 N–H and O–H groups in total. The highest BCUT2D eigenvalue weighted by Gasteiger charge is 2.17. The number of ether oxygens (including phenoxy) is 1. The van der Waals surface area contributed by atoms with Crippen LogP contribution in [0.15, 0.2) is 65.5 Å². The molecule has 1 amide bonds. The lowest BCUT2D eigenvalue weighted by Gasteiger charge is -2.15. The molecule has 3 rings (SSSR count). The summed E-state index contributed by atoms with van der Waals surface area (Å²) in [6, 6.07) is 17.9. The fourth-order valence-electron chi connectivity index (χ4n) is 3.08. The van der Waals surface area contributed by atoms with Crippen molar-refractivity contribution in [2.45, 2.75) is 26.8 Å². The molecule has 1 heterocycles. The van der Waals surface area contributed by atoms with Gasteiger partial charge < -0.3 is 10.1 Å². The first-order valence-corrected chi connectivity index (χ1v) is 9.58. The van der Waals surface area contributed by atoms with E-state index in [2.05, 4.69) is 16.5 Å². The maximum Gasteiger partial charge on any atom is 0.267 e. The summed E-state index contributed by atoms with van der Waals surface area (Å²) >= 11 is 0. The van der Waals surface area contributed by atoms with Crippen LogP contribution < -0.4 is 15.6 Å². The van der Waals surface area contributed by atoms with Crippen LogP contribution in [-0.4, -0.2) is 28.8 Å². The van der Waals surface area contributed by atoms with Gasteiger partial charge in [0.2, 0.25) is 5.91 Å². The van der Waals surface area contributed by atoms with E-state index < -0.39 is 6.04 Å². The number of rotatable bonds is 7. The molecule has 1 atom stereocenters. The van der Waals surface area contributed by atoms with E-state index in [-0.39, 0.29) is 11.5 Å². The number of carbonyl (C=O) groups excluding carboxylic acids is 1. The maximum atomic E-state index is 12.5. The summed E-state index contributed by atoms with van der Waals surface area (Å²) in [5, 5.41) is 7.17. The number of hydrogen-bond donors (Lipinski definition) is 1. The molecule has 0 bridgehead atoms. The fourth-order valence-corrected chi connectivity index (χ4v) is 3.08. The number of aryl methyl sites for hydroxylation is 2. The SMILES string of the molecule is Cc1cc(C)cc(OCCNC(=O)C(C)n2nc(-c3ccccc3)ccc2=O)c1. The van der Waals surface area contributed by atoms with Crippen molar-refractivity contribution in [2.75, 3.05) is 13.2 Å². The molecule has 0 aliphatic rings. The van der Waals surface area contributed by atoms with Gasteiger partial charge in [-0.1, -0.05) is 36.4 Å². The molecule has 0 saturated carbocycles. The summed E-state index contributed by atoms with van der Waals surface area (Å²) in [5.74, 6) is 0.493. The zero-order chi connectivity index (χ0) is 20.8. The molecule has 0 spiro atoms. The van der Waals surface area contributed by atoms with Gasteiger partial charge >= 0.3 is 0 Å². The first-order valence-electron chi connectivity index (χ1n) is 9.58. The van der Waals surface area contributed by atoms with Crippen LogP contribution in [0.4, 0.5) is 0 Å². The number of amides is 1. The number of hydrogen-bond acceptors (Lipinski definition) is 4. The molecular formula is C23H25N3O3. The Balaban J connectivity index is 1.60. The van der Waals surface area contributed by atoms with Gasteiger partial charge in [-0.15, -0.1) is 0 Å². The minimum absolute atomic E-state index is 0.283. The van der Waals surface area contributed by atoms with Crippen molar-refractivity contribution in [1.82, 2.24) is 15.1 Å². The number of nitrogens with one attached hydrogen (secondary N) is 1. The number of carbonyl (C=O) groups is 1. The quantitative estimate of drug-likeness (QED) is 0.628. The highest BCUT2D eigenvalue weighted by atomic mass is 16.5. The second-order valence-corrected chi connectivity index (χ2v) is 7.01. The van der Waals surface area contributed by atoms with Crippen molar-refractivity contribution in [2.24, 2.45) is 0 Å². The van der Waals surface area contributed by atoms with Gasteiger partial charge in [-0.25, -0.2) is 4.68 Å². The average Bonchev–Trinajstić information content (AvgIpc) is 2.71. The summed E-state index contributed by atoms with van der Waals surface area (Å²) in [5.41, 5.74) is 3.46. The molecule has 2 aromatic carbocycles. The smallest absolute Gasteiger partial charge is 0.267 e. The molecule has 6 nitrogen and oxygen atoms in total. The topological polar surface area (TPSA) is 73.2 Å². The summed E-state index contributed by atoms with van der Waals surface area (Å²) in [6.45, 7) is 6.36. The van der Waals surface area contributed by atoms with Crippen LogP contribution in [-0.2, 0) is 4.79 Å². The van der Waals surface area contributed by atoms with Gasteiger partial charge in [0.1, 0.15) is 18.4 Å². The first kappa shape index (κ1) is 20.3. The highest BCUT2D eigenvalue weighted by molar-refractivity contribution is 5.79. The van der Waals surface area contributed by atoms with Crippen LogP contribution in [0.5, 0.6) is 5.75 Å². The number of aromatic nitrogens is 2. The standard InChI is InChI=1S/C23H25N3O3/c1-16-13-17(2)15-20(14-16)29-12-11-24-23(28)18(3)26-22(27)10-9-21(25-26)19-7-5-4-6-8-19/h4-10,13-15,18H,11-12H2,1-3H3,(H,24,28). The van der Waals surface area contributed by atoms with Crippen molar-refractivity contribution >= 4 is 5.91 Å². The van der Waals surface area contributed by atoms with Crippen LogP contribution in [0, 0.1) is 13.8 Å². The Kier molecular flexibility index (Phi) is 6.44. The van der Waals surface area contributed by atoms with E-state index in [1.165, 1.54) is 10.7 Å². The van der Waals surface area contributed by atoms with Gasteiger partial charge in [-0.3, -0.25) is 9.59 Å². The van der Waals surface area contributed by atoms with Crippen molar-refractivity contribution in [3.63, 3.8) is 0 Å². The lowest BCUT2D eigenvalue weighted by atomic mass is 10.1. The van der Waals surface area contributed by atoms with E-state index in [9.17, 15) is 9.59 Å². The van der Waals surface area contributed by atoms with E-state index in [1.54, 1.807) is 13.0 Å². The molecule has 29 heavy (non-hydrogen) atoms. The molecule has 150 valence electrons. The monoisotopic (exact) mass is 391 g/mol. The Morgan fingerprint density at radius 2 is 1.76 bits per heavy atom. The summed E-state index contributed by atoms with van der Waals surface area (Å²) in [6.07, 6.45) is 0. The largest absolute Gasteiger partial charge is 0.492 e. The van der Waals surface area contributed by atoms with Gasteiger partial charge in [-0.05, 0) is 50.1 Å². The normalized spacial score (nSPS) is 11.7. The Bertz CT molecular complexity index is 1020.